The van der Waals surface area contributed by atoms with Gasteiger partial charge in [0.15, 0.2) is 0 Å². The zero-order valence-electron chi connectivity index (χ0n) is 17.5. The van der Waals surface area contributed by atoms with E-state index in [4.69, 9.17) is 23.2 Å². The van der Waals surface area contributed by atoms with E-state index in [1.54, 1.807) is 24.3 Å². The van der Waals surface area contributed by atoms with Crippen LogP contribution in [0.5, 0.6) is 0 Å². The lowest BCUT2D eigenvalue weighted by atomic mass is 9.96. The molecule has 2 aromatic rings. The molecule has 2 heterocycles. The van der Waals surface area contributed by atoms with Crippen molar-refractivity contribution in [1.29, 1.82) is 0 Å². The molecule has 7 heteroatoms. The number of benzene rings is 1. The molecule has 0 spiro atoms. The Kier molecular flexibility index (Phi) is 8.79. The van der Waals surface area contributed by atoms with Gasteiger partial charge in [0.2, 0.25) is 0 Å². The molecular formula is C23H30Cl2N4O. The van der Waals surface area contributed by atoms with Crippen LogP contribution in [0.1, 0.15) is 49.4 Å². The van der Waals surface area contributed by atoms with Gasteiger partial charge >= 0.3 is 0 Å². The van der Waals surface area contributed by atoms with Crippen molar-refractivity contribution in [3.8, 4) is 0 Å². The van der Waals surface area contributed by atoms with Gasteiger partial charge in [-0.3, -0.25) is 4.79 Å². The number of nitrogens with one attached hydrogen (secondary N) is 2. The van der Waals surface area contributed by atoms with Crippen LogP contribution in [-0.2, 0) is 0 Å². The van der Waals surface area contributed by atoms with Crippen molar-refractivity contribution >= 4 is 40.6 Å². The molecule has 0 unspecified atom stereocenters. The molecule has 0 saturated carbocycles. The highest BCUT2D eigenvalue weighted by Crippen LogP contribution is 2.24. The summed E-state index contributed by atoms with van der Waals surface area (Å²) in [4.78, 5) is 19.5. The van der Waals surface area contributed by atoms with E-state index in [-0.39, 0.29) is 5.91 Å². The number of carbonyl (C=O) groups excluding carboxylic acids is 1. The normalized spacial score (nSPS) is 15.2. The Morgan fingerprint density at radius 1 is 1.13 bits per heavy atom. The van der Waals surface area contributed by atoms with E-state index in [1.807, 2.05) is 6.07 Å². The van der Waals surface area contributed by atoms with Gasteiger partial charge in [0.05, 0.1) is 10.6 Å². The highest BCUT2D eigenvalue weighted by atomic mass is 35.5. The molecule has 1 aromatic carbocycles. The summed E-state index contributed by atoms with van der Waals surface area (Å²) in [6.45, 7) is 6.63. The minimum absolute atomic E-state index is 0.249. The second-order valence-electron chi connectivity index (χ2n) is 7.88. The van der Waals surface area contributed by atoms with Gasteiger partial charge < -0.3 is 15.5 Å². The molecule has 0 atom stereocenters. The molecule has 1 aliphatic rings. The minimum Gasteiger partial charge on any atom is -0.384 e. The smallest absolute Gasteiger partial charge is 0.258 e. The molecule has 3 rings (SSSR count). The third-order valence-corrected chi connectivity index (χ3v) is 6.02. The van der Waals surface area contributed by atoms with Crippen LogP contribution in [0.4, 0.5) is 11.5 Å². The molecule has 0 radical (unpaired) electrons. The van der Waals surface area contributed by atoms with Gasteiger partial charge in [-0.25, -0.2) is 4.98 Å². The Balaban J connectivity index is 1.55. The molecule has 1 aliphatic heterocycles. The van der Waals surface area contributed by atoms with E-state index in [2.05, 4.69) is 27.4 Å². The standard InChI is InChI=1S/C23H30Cl2N4O/c1-2-3-4-11-29-12-9-17(10-13-29)15-26-21-7-5-18(24)14-20(21)23(30)28-22-8-6-19(25)16-27-22/h5-8,14,16-17,26H,2-4,9-13,15H2,1H3,(H,27,28,30). The number of hydrogen-bond acceptors (Lipinski definition) is 4. The second kappa shape index (κ2) is 11.5. The number of rotatable bonds is 9. The monoisotopic (exact) mass is 448 g/mol. The lowest BCUT2D eigenvalue weighted by Crippen LogP contribution is -2.36. The van der Waals surface area contributed by atoms with Gasteiger partial charge in [0, 0.05) is 23.5 Å². The molecular weight excluding hydrogens is 419 g/mol. The second-order valence-corrected chi connectivity index (χ2v) is 8.75. The Hall–Kier alpha value is -1.82. The fourth-order valence-corrected chi connectivity index (χ4v) is 4.03. The lowest BCUT2D eigenvalue weighted by Gasteiger charge is -2.32. The van der Waals surface area contributed by atoms with Crippen molar-refractivity contribution < 1.29 is 4.79 Å². The number of amides is 1. The Morgan fingerprint density at radius 3 is 2.60 bits per heavy atom. The Labute approximate surface area is 189 Å². The summed E-state index contributed by atoms with van der Waals surface area (Å²) in [5, 5.41) is 7.33. The van der Waals surface area contributed by atoms with Gasteiger partial charge in [-0.1, -0.05) is 43.0 Å². The maximum atomic E-state index is 12.8. The first-order valence-corrected chi connectivity index (χ1v) is 11.5. The predicted molar refractivity (Wildman–Crippen MR) is 126 cm³/mol. The fraction of sp³-hybridized carbons (Fsp3) is 0.478. The number of anilines is 2. The van der Waals surface area contributed by atoms with Crippen molar-refractivity contribution in [2.75, 3.05) is 36.8 Å². The van der Waals surface area contributed by atoms with Crippen molar-refractivity contribution in [2.45, 2.75) is 39.0 Å². The zero-order chi connectivity index (χ0) is 21.3. The molecule has 1 saturated heterocycles. The molecule has 30 heavy (non-hydrogen) atoms. The zero-order valence-corrected chi connectivity index (χ0v) is 19.0. The summed E-state index contributed by atoms with van der Waals surface area (Å²) in [6.07, 6.45) is 7.75. The molecule has 2 N–H and O–H groups in total. The van der Waals surface area contributed by atoms with Crippen molar-refractivity contribution in [3.63, 3.8) is 0 Å². The molecule has 162 valence electrons. The highest BCUT2D eigenvalue weighted by molar-refractivity contribution is 6.31. The van der Waals surface area contributed by atoms with Crippen LogP contribution < -0.4 is 10.6 Å². The van der Waals surface area contributed by atoms with Crippen LogP contribution in [0.2, 0.25) is 10.0 Å². The third-order valence-electron chi connectivity index (χ3n) is 5.56. The first kappa shape index (κ1) is 22.9. The van der Waals surface area contributed by atoms with E-state index in [9.17, 15) is 4.79 Å². The van der Waals surface area contributed by atoms with E-state index in [0.717, 1.165) is 25.3 Å². The maximum absolute atomic E-state index is 12.8. The number of piperidine rings is 1. The summed E-state index contributed by atoms with van der Waals surface area (Å²) >= 11 is 12.0. The number of unbranched alkanes of at least 4 members (excludes halogenated alkanes) is 2. The fourth-order valence-electron chi connectivity index (χ4n) is 3.75. The van der Waals surface area contributed by atoms with Crippen molar-refractivity contribution in [2.24, 2.45) is 5.92 Å². The molecule has 1 amide bonds. The average Bonchev–Trinajstić information content (AvgIpc) is 2.75. The van der Waals surface area contributed by atoms with E-state index < -0.39 is 0 Å². The van der Waals surface area contributed by atoms with Crippen LogP contribution >= 0.6 is 23.2 Å². The van der Waals surface area contributed by atoms with Gasteiger partial charge in [0.25, 0.3) is 5.91 Å². The Morgan fingerprint density at radius 2 is 1.90 bits per heavy atom. The van der Waals surface area contributed by atoms with Crippen LogP contribution in [0.25, 0.3) is 0 Å². The number of halogens is 2. The topological polar surface area (TPSA) is 57.3 Å². The van der Waals surface area contributed by atoms with E-state index in [1.165, 1.54) is 44.8 Å². The summed E-state index contributed by atoms with van der Waals surface area (Å²) in [7, 11) is 0. The summed E-state index contributed by atoms with van der Waals surface area (Å²) in [5.74, 6) is 0.809. The number of aromatic nitrogens is 1. The van der Waals surface area contributed by atoms with E-state index >= 15 is 0 Å². The van der Waals surface area contributed by atoms with Gasteiger partial charge in [-0.15, -0.1) is 0 Å². The van der Waals surface area contributed by atoms with Crippen LogP contribution in [0.3, 0.4) is 0 Å². The number of likely N-dealkylation sites (tertiary alicyclic amines) is 1. The maximum Gasteiger partial charge on any atom is 0.258 e. The number of nitrogens with zero attached hydrogens (tertiary/aromatic N) is 2. The van der Waals surface area contributed by atoms with Crippen molar-refractivity contribution in [3.05, 3.63) is 52.1 Å². The summed E-state index contributed by atoms with van der Waals surface area (Å²) in [5.41, 5.74) is 1.30. The van der Waals surface area contributed by atoms with Gasteiger partial charge in [0.1, 0.15) is 5.82 Å². The quantitative estimate of drug-likeness (QED) is 0.464. The molecule has 1 fully saturated rings. The highest BCUT2D eigenvalue weighted by Gasteiger charge is 2.20. The molecule has 0 aliphatic carbocycles. The number of hydrogen-bond donors (Lipinski definition) is 2. The Bertz CT molecular complexity index is 820. The minimum atomic E-state index is -0.249. The summed E-state index contributed by atoms with van der Waals surface area (Å²) < 4.78 is 0. The summed E-state index contributed by atoms with van der Waals surface area (Å²) in [6, 6.07) is 8.72. The largest absolute Gasteiger partial charge is 0.384 e. The van der Waals surface area contributed by atoms with Gasteiger partial charge in [-0.2, -0.15) is 0 Å². The SMILES string of the molecule is CCCCCN1CCC(CNc2ccc(Cl)cc2C(=O)Nc2ccc(Cl)cn2)CC1. The van der Waals surface area contributed by atoms with Crippen LogP contribution in [0, 0.1) is 5.92 Å². The predicted octanol–water partition coefficient (Wildman–Crippen LogP) is 5.95. The van der Waals surface area contributed by atoms with Crippen LogP contribution in [0.15, 0.2) is 36.5 Å². The first-order valence-electron chi connectivity index (χ1n) is 10.7. The average molecular weight is 449 g/mol. The number of pyridine rings is 1. The van der Waals surface area contributed by atoms with Crippen LogP contribution in [-0.4, -0.2) is 42.0 Å². The number of carbonyl (C=O) groups is 1. The molecule has 0 bridgehead atoms. The van der Waals surface area contributed by atoms with Crippen molar-refractivity contribution in [1.82, 2.24) is 9.88 Å². The first-order chi connectivity index (χ1) is 14.5. The van der Waals surface area contributed by atoms with E-state index in [0.29, 0.717) is 27.3 Å². The third kappa shape index (κ3) is 6.86. The molecule has 1 aromatic heterocycles. The molecule has 5 nitrogen and oxygen atoms in total. The van der Waals surface area contributed by atoms with Gasteiger partial charge in [-0.05, 0) is 75.1 Å². The lowest BCUT2D eigenvalue weighted by molar-refractivity contribution is 0.102.